The number of anilines is 3. The van der Waals surface area contributed by atoms with E-state index in [1.807, 2.05) is 0 Å². The molecule has 254 valence electrons. The van der Waals surface area contributed by atoms with Crippen LogP contribution < -0.4 is 25.6 Å². The number of nitrogens with zero attached hydrogens (tertiary/aromatic N) is 1. The molecule has 3 heteroatoms. The molecule has 0 fully saturated rings. The largest absolute Gasteiger partial charge is 0.311 e. The molecule has 1 nitrogen and oxygen atoms in total. The van der Waals surface area contributed by atoms with Crippen LogP contribution in [-0.2, 0) is 0 Å². The maximum atomic E-state index is 2.52. The second-order valence-corrected chi connectivity index (χ2v) is 24.4. The summed E-state index contributed by atoms with van der Waals surface area (Å²) in [6.45, 7) is 10.0. The van der Waals surface area contributed by atoms with Crippen LogP contribution in [0.25, 0.3) is 55.3 Å². The smallest absolute Gasteiger partial charge is 0.116 e. The molecule has 8 aromatic carbocycles. The minimum atomic E-state index is -2.00. The molecule has 0 unspecified atom stereocenters. The summed E-state index contributed by atoms with van der Waals surface area (Å²) in [6.07, 6.45) is 0. The van der Waals surface area contributed by atoms with Gasteiger partial charge in [0, 0.05) is 17.1 Å². The Morgan fingerprint density at radius 2 is 0.868 bits per heavy atom. The first kappa shape index (κ1) is 31.9. The Morgan fingerprint density at radius 3 is 1.60 bits per heavy atom. The molecule has 0 aromatic heterocycles. The van der Waals surface area contributed by atoms with E-state index in [1.54, 1.807) is 10.4 Å². The van der Waals surface area contributed by atoms with Gasteiger partial charge in [-0.2, -0.15) is 0 Å². The standard InChI is InChI=1S/C50H41NSi2/c1-52(2)47-21-9-7-16-42(47)44-32-27-37(33-49(44)52)34-23-28-38(29-24-34)51(46-20-12-19-45-43-17-8-10-22-48(43)53(3,4)50(45)46)39-30-25-36(26-31-39)41-18-11-14-35-13-5-6-15-40(35)41/h5-33H,1-4H3. The van der Waals surface area contributed by atoms with Crippen molar-refractivity contribution >= 4 is 64.7 Å². The third-order valence-electron chi connectivity index (χ3n) is 12.1. The summed E-state index contributed by atoms with van der Waals surface area (Å²) in [5.41, 5.74) is 14.3. The fourth-order valence-electron chi connectivity index (χ4n) is 9.39. The number of fused-ring (bicyclic) bond motifs is 7. The van der Waals surface area contributed by atoms with Gasteiger partial charge in [-0.15, -0.1) is 0 Å². The van der Waals surface area contributed by atoms with Gasteiger partial charge in [0.25, 0.3) is 0 Å². The lowest BCUT2D eigenvalue weighted by Gasteiger charge is -2.31. The highest BCUT2D eigenvalue weighted by Crippen LogP contribution is 2.41. The summed E-state index contributed by atoms with van der Waals surface area (Å²) in [5, 5.41) is 8.67. The Labute approximate surface area is 314 Å². The van der Waals surface area contributed by atoms with E-state index in [2.05, 4.69) is 207 Å². The third kappa shape index (κ3) is 4.88. The first-order valence-corrected chi connectivity index (χ1v) is 24.8. The van der Waals surface area contributed by atoms with Crippen LogP contribution >= 0.6 is 0 Å². The van der Waals surface area contributed by atoms with Crippen LogP contribution in [0.3, 0.4) is 0 Å². The van der Waals surface area contributed by atoms with E-state index >= 15 is 0 Å². The molecular formula is C50H41NSi2. The van der Waals surface area contributed by atoms with Crippen LogP contribution in [0.2, 0.25) is 26.2 Å². The minimum absolute atomic E-state index is 1.17. The zero-order chi connectivity index (χ0) is 35.9. The van der Waals surface area contributed by atoms with Gasteiger partial charge in [0.2, 0.25) is 0 Å². The number of hydrogen-bond donors (Lipinski definition) is 0. The number of rotatable bonds is 5. The van der Waals surface area contributed by atoms with Crippen LogP contribution in [0.5, 0.6) is 0 Å². The van der Waals surface area contributed by atoms with Gasteiger partial charge in [-0.1, -0.05) is 172 Å². The van der Waals surface area contributed by atoms with Crippen molar-refractivity contribution in [2.45, 2.75) is 26.2 Å². The Kier molecular flexibility index (Phi) is 7.17. The van der Waals surface area contributed by atoms with Gasteiger partial charge in [-0.05, 0) is 106 Å². The average Bonchev–Trinajstić information content (AvgIpc) is 3.58. The molecule has 0 spiro atoms. The van der Waals surface area contributed by atoms with Gasteiger partial charge in [0.05, 0.1) is 0 Å². The second kappa shape index (κ2) is 11.9. The Balaban J connectivity index is 1.09. The number of hydrogen-bond acceptors (Lipinski definition) is 1. The van der Waals surface area contributed by atoms with Gasteiger partial charge in [-0.3, -0.25) is 0 Å². The summed E-state index contributed by atoms with van der Waals surface area (Å²) in [4.78, 5) is 2.51. The van der Waals surface area contributed by atoms with Gasteiger partial charge in [-0.25, -0.2) is 0 Å². The van der Waals surface area contributed by atoms with Crippen molar-refractivity contribution in [3.8, 4) is 44.5 Å². The average molecular weight is 712 g/mol. The van der Waals surface area contributed by atoms with Gasteiger partial charge < -0.3 is 4.90 Å². The van der Waals surface area contributed by atoms with E-state index in [0.29, 0.717) is 0 Å². The minimum Gasteiger partial charge on any atom is -0.311 e. The maximum absolute atomic E-state index is 2.52. The lowest BCUT2D eigenvalue weighted by Crippen LogP contribution is -2.50. The highest BCUT2D eigenvalue weighted by atomic mass is 28.3. The fourth-order valence-corrected chi connectivity index (χ4v) is 15.9. The molecule has 2 aliphatic heterocycles. The maximum Gasteiger partial charge on any atom is 0.116 e. The quantitative estimate of drug-likeness (QED) is 0.161. The summed E-state index contributed by atoms with van der Waals surface area (Å²) < 4.78 is 0. The van der Waals surface area contributed by atoms with Gasteiger partial charge in [0.15, 0.2) is 0 Å². The van der Waals surface area contributed by atoms with Crippen molar-refractivity contribution < 1.29 is 0 Å². The Morgan fingerprint density at radius 1 is 0.358 bits per heavy atom. The van der Waals surface area contributed by atoms with E-state index in [4.69, 9.17) is 0 Å². The van der Waals surface area contributed by atoms with Crippen LogP contribution in [0.4, 0.5) is 17.1 Å². The van der Waals surface area contributed by atoms with Gasteiger partial charge >= 0.3 is 0 Å². The SMILES string of the molecule is C[Si]1(C)c2ccccc2-c2ccc(-c3ccc(N(c4ccc(-c5cccc6ccccc56)cc4)c4cccc5c4[Si](C)(C)c4ccccc4-5)cc3)cc21. The molecule has 0 bridgehead atoms. The first-order chi connectivity index (χ1) is 25.8. The van der Waals surface area contributed by atoms with Crippen LogP contribution in [0.15, 0.2) is 176 Å². The molecule has 0 saturated carbocycles. The van der Waals surface area contributed by atoms with E-state index in [0.717, 1.165) is 0 Å². The molecule has 53 heavy (non-hydrogen) atoms. The normalized spacial score (nSPS) is 14.3. The van der Waals surface area contributed by atoms with Crippen molar-refractivity contribution in [2.24, 2.45) is 0 Å². The Bertz CT molecular complexity index is 2720. The fraction of sp³-hybridized carbons (Fsp3) is 0.0800. The molecular weight excluding hydrogens is 671 g/mol. The lowest BCUT2D eigenvalue weighted by molar-refractivity contribution is 1.29. The molecule has 0 saturated heterocycles. The van der Waals surface area contributed by atoms with Crippen LogP contribution in [0, 0.1) is 0 Å². The van der Waals surface area contributed by atoms with E-state index in [-0.39, 0.29) is 0 Å². The Hall–Kier alpha value is -5.75. The van der Waals surface area contributed by atoms with E-state index in [1.165, 1.54) is 82.7 Å². The predicted octanol–water partition coefficient (Wildman–Crippen LogP) is 11.2. The topological polar surface area (TPSA) is 3.24 Å². The van der Waals surface area contributed by atoms with E-state index < -0.39 is 16.1 Å². The lowest BCUT2D eigenvalue weighted by atomic mass is 9.98. The van der Waals surface area contributed by atoms with Gasteiger partial charge in [0.1, 0.15) is 16.1 Å². The zero-order valence-electron chi connectivity index (χ0n) is 30.7. The summed E-state index contributed by atoms with van der Waals surface area (Å²) >= 11 is 0. The molecule has 2 aliphatic rings. The number of benzene rings is 8. The molecule has 0 radical (unpaired) electrons. The highest BCUT2D eigenvalue weighted by Gasteiger charge is 2.41. The molecule has 8 aromatic rings. The van der Waals surface area contributed by atoms with Crippen LogP contribution in [-0.4, -0.2) is 16.1 Å². The van der Waals surface area contributed by atoms with Crippen molar-refractivity contribution in [3.63, 3.8) is 0 Å². The highest BCUT2D eigenvalue weighted by molar-refractivity contribution is 7.05. The van der Waals surface area contributed by atoms with Crippen molar-refractivity contribution in [3.05, 3.63) is 176 Å². The predicted molar refractivity (Wildman–Crippen MR) is 234 cm³/mol. The monoisotopic (exact) mass is 711 g/mol. The summed E-state index contributed by atoms with van der Waals surface area (Å²) in [5.74, 6) is 0. The van der Waals surface area contributed by atoms with Crippen molar-refractivity contribution in [1.82, 2.24) is 0 Å². The molecule has 10 rings (SSSR count). The zero-order valence-corrected chi connectivity index (χ0v) is 32.7. The molecule has 0 amide bonds. The molecule has 2 heterocycles. The summed E-state index contributed by atoms with van der Waals surface area (Å²) in [6, 6.07) is 66.0. The molecule has 0 atom stereocenters. The van der Waals surface area contributed by atoms with Crippen molar-refractivity contribution in [2.75, 3.05) is 4.90 Å². The van der Waals surface area contributed by atoms with E-state index in [9.17, 15) is 0 Å². The molecule has 0 aliphatic carbocycles. The second-order valence-electron chi connectivity index (χ2n) is 15.8. The van der Waals surface area contributed by atoms with Crippen LogP contribution in [0.1, 0.15) is 0 Å². The first-order valence-electron chi connectivity index (χ1n) is 18.8. The third-order valence-corrected chi connectivity index (χ3v) is 19.2. The summed E-state index contributed by atoms with van der Waals surface area (Å²) in [7, 11) is -3.76. The van der Waals surface area contributed by atoms with Crippen molar-refractivity contribution in [1.29, 1.82) is 0 Å². The molecule has 0 N–H and O–H groups in total.